The summed E-state index contributed by atoms with van der Waals surface area (Å²) in [5, 5.41) is 10.7. The van der Waals surface area contributed by atoms with Crippen molar-refractivity contribution < 1.29 is 80.2 Å². The molecule has 0 spiro atoms. The van der Waals surface area contributed by atoms with E-state index in [9.17, 15) is 43.2 Å². The van der Waals surface area contributed by atoms with Crippen molar-refractivity contribution in [1.82, 2.24) is 0 Å². The molecule has 0 rings (SSSR count). The number of ether oxygens (including phenoxy) is 4. The van der Waals surface area contributed by atoms with Gasteiger partial charge in [0.1, 0.15) is 19.3 Å². The summed E-state index contributed by atoms with van der Waals surface area (Å²) in [6.45, 7) is 4.39. The van der Waals surface area contributed by atoms with Gasteiger partial charge in [0.15, 0.2) is 12.2 Å². The highest BCUT2D eigenvalue weighted by molar-refractivity contribution is 7.47. The monoisotopic (exact) mass is 1570 g/mol. The Kier molecular flexibility index (Phi) is 76.0. The molecule has 0 radical (unpaired) electrons. The van der Waals surface area contributed by atoms with Crippen LogP contribution in [0.25, 0.3) is 0 Å². The first-order valence-corrected chi connectivity index (χ1v) is 44.3. The average molecular weight is 1570 g/mol. The van der Waals surface area contributed by atoms with Crippen LogP contribution in [0, 0.1) is 0 Å². The highest BCUT2D eigenvalue weighted by atomic mass is 31.2. The molecule has 0 aromatic rings. The fraction of sp³-hybridized carbons (Fsp3) is 0.582. The summed E-state index contributed by atoms with van der Waals surface area (Å²) >= 11 is 0. The van der Waals surface area contributed by atoms with Crippen LogP contribution in [0.3, 0.4) is 0 Å². The highest BCUT2D eigenvalue weighted by Crippen LogP contribution is 2.45. The summed E-state index contributed by atoms with van der Waals surface area (Å²) in [7, 11) is -10.1. The van der Waals surface area contributed by atoms with Crippen molar-refractivity contribution in [1.29, 1.82) is 0 Å². The Labute approximate surface area is 665 Å². The maximum Gasteiger partial charge on any atom is 0.472 e. The molecule has 0 aromatic heterocycles. The van der Waals surface area contributed by atoms with Crippen LogP contribution < -0.4 is 0 Å². The minimum absolute atomic E-state index is 0.0118. The standard InChI is InChI=1S/C91H144O17P2/c1-5-9-13-17-21-25-29-33-36-39-42-45-48-52-55-59-63-67-71-75-88(93)101-81-86(107-90(95)77-73-69-65-61-57-51-32-28-24-20-16-12-8-4)83-105-109(97,98)103-79-85(92)80-104-110(99,100)106-84-87(108-91(96)78-74-70-66-62-58-54-50-47-44-41-38-35-31-27-23-19-15-11-7-3)82-102-89(94)76-72-68-64-60-56-53-49-46-43-40-37-34-30-26-22-18-14-10-6-2/h11,15,21-23,25-28,32-38,42-47,52-56,58,63-64,66-68,70,85-87,92H,5-10,12-14,16-20,24,29-31,39-41,48-51,57,59-62,65,69,71-84H2,1-4H3,(H,97,98)(H,99,100)/b15-11-,25-21-,26-22-,27-23-,32-28-,36-33-,37-34-,38-35-,45-42-,46-43-,47-44-,55-52-,56-53-,58-54-,67-63-,68-64-,70-66-/t85-,86+,87+/m0/s1. The summed E-state index contributed by atoms with van der Waals surface area (Å²) in [5.41, 5.74) is 0. The number of rotatable bonds is 75. The van der Waals surface area contributed by atoms with Crippen LogP contribution in [-0.2, 0) is 65.4 Å². The lowest BCUT2D eigenvalue weighted by atomic mass is 10.1. The van der Waals surface area contributed by atoms with E-state index in [1.807, 2.05) is 54.7 Å². The first-order chi connectivity index (χ1) is 53.7. The highest BCUT2D eigenvalue weighted by Gasteiger charge is 2.30. The van der Waals surface area contributed by atoms with Gasteiger partial charge in [-0.25, -0.2) is 9.13 Å². The predicted octanol–water partition coefficient (Wildman–Crippen LogP) is 24.7. The maximum absolute atomic E-state index is 13.1. The minimum atomic E-state index is -5.03. The van der Waals surface area contributed by atoms with Gasteiger partial charge in [-0.15, -0.1) is 0 Å². The van der Waals surface area contributed by atoms with Gasteiger partial charge in [-0.1, -0.05) is 298 Å². The molecule has 0 aliphatic carbocycles. The van der Waals surface area contributed by atoms with Crippen LogP contribution in [0.5, 0.6) is 0 Å². The van der Waals surface area contributed by atoms with E-state index < -0.39 is 97.5 Å². The van der Waals surface area contributed by atoms with E-state index in [1.165, 1.54) is 64.2 Å². The number of hydrogen-bond acceptors (Lipinski definition) is 15. The molecule has 0 bridgehead atoms. The Morgan fingerprint density at radius 1 is 0.264 bits per heavy atom. The molecular formula is C91H144O17P2. The Hall–Kier alpha value is -6.36. The van der Waals surface area contributed by atoms with Crippen LogP contribution in [0.15, 0.2) is 207 Å². The second-order valence-electron chi connectivity index (χ2n) is 26.6. The summed E-state index contributed by atoms with van der Waals surface area (Å²) in [6, 6.07) is 0. The lowest BCUT2D eigenvalue weighted by molar-refractivity contribution is -0.161. The number of hydrogen-bond donors (Lipinski definition) is 3. The molecule has 3 N–H and O–H groups in total. The fourth-order valence-corrected chi connectivity index (χ4v) is 11.5. The van der Waals surface area contributed by atoms with Crippen molar-refractivity contribution in [3.8, 4) is 0 Å². The van der Waals surface area contributed by atoms with Gasteiger partial charge >= 0.3 is 39.5 Å². The second kappa shape index (κ2) is 80.7. The third-order valence-corrected chi connectivity index (χ3v) is 18.1. The lowest BCUT2D eigenvalue weighted by Crippen LogP contribution is -2.30. The first-order valence-electron chi connectivity index (χ1n) is 41.3. The van der Waals surface area contributed by atoms with Crippen molar-refractivity contribution in [3.05, 3.63) is 207 Å². The lowest BCUT2D eigenvalue weighted by Gasteiger charge is -2.21. The number of aliphatic hydroxyl groups is 1. The fourth-order valence-electron chi connectivity index (χ4n) is 9.97. The van der Waals surface area contributed by atoms with Crippen LogP contribution in [0.1, 0.15) is 285 Å². The maximum atomic E-state index is 13.1. The van der Waals surface area contributed by atoms with Crippen LogP contribution in [-0.4, -0.2) is 96.7 Å². The smallest absolute Gasteiger partial charge is 0.462 e. The molecule has 110 heavy (non-hydrogen) atoms. The van der Waals surface area contributed by atoms with Crippen molar-refractivity contribution in [2.24, 2.45) is 0 Å². The van der Waals surface area contributed by atoms with Crippen LogP contribution >= 0.6 is 15.6 Å². The van der Waals surface area contributed by atoms with Gasteiger partial charge in [-0.2, -0.15) is 0 Å². The van der Waals surface area contributed by atoms with Gasteiger partial charge in [-0.05, 0) is 167 Å². The number of carbonyl (C=O) groups excluding carboxylic acids is 4. The molecular weight excluding hydrogens is 1430 g/mol. The number of unbranched alkanes of at least 4 members (excludes halogenated alkanes) is 15. The summed E-state index contributed by atoms with van der Waals surface area (Å²) < 4.78 is 68.4. The SMILES string of the molecule is CC/C=C\C/C=C\C/C=C\C/C=C\C/C=C\C/C=C\CCC(=O)O[C@H](COC(=O)CC/C=C\C/C=C\C/C=C\C/C=C\C/C=C\CCCCC)COP(=O)(O)OC[C@@H](O)COP(=O)(O)OC[C@@H](COC(=O)CC/C=C\C/C=C\C/C=C\C/C=C\C/C=C\CCCCC)OC(=O)CCCCCCC/C=C\CCCCCC. The number of carbonyl (C=O) groups is 4. The zero-order valence-electron chi connectivity index (χ0n) is 67.8. The quantitative estimate of drug-likeness (QED) is 0.0169. The Morgan fingerprint density at radius 2 is 0.491 bits per heavy atom. The molecule has 0 fully saturated rings. The first kappa shape index (κ1) is 104. The van der Waals surface area contributed by atoms with Crippen molar-refractivity contribution in [2.75, 3.05) is 39.6 Å². The van der Waals surface area contributed by atoms with Gasteiger partial charge in [0.25, 0.3) is 0 Å². The van der Waals surface area contributed by atoms with Crippen LogP contribution in [0.2, 0.25) is 0 Å². The number of aliphatic hydroxyl groups excluding tert-OH is 1. The minimum Gasteiger partial charge on any atom is -0.462 e. The summed E-state index contributed by atoms with van der Waals surface area (Å²) in [6.07, 6.45) is 101. The van der Waals surface area contributed by atoms with Crippen LogP contribution in [0.4, 0.5) is 0 Å². The topological polar surface area (TPSA) is 237 Å². The molecule has 0 saturated carbocycles. The van der Waals surface area contributed by atoms with Gasteiger partial charge < -0.3 is 33.8 Å². The number of allylic oxidation sites excluding steroid dienone is 34. The van der Waals surface area contributed by atoms with E-state index in [2.05, 4.69) is 180 Å². The van der Waals surface area contributed by atoms with E-state index in [0.29, 0.717) is 44.9 Å². The molecule has 0 amide bonds. The molecule has 0 aliphatic heterocycles. The van der Waals surface area contributed by atoms with Gasteiger partial charge in [0, 0.05) is 25.7 Å². The third kappa shape index (κ3) is 79.7. The van der Waals surface area contributed by atoms with E-state index >= 15 is 0 Å². The molecule has 19 heteroatoms. The normalized spacial score (nSPS) is 14.9. The van der Waals surface area contributed by atoms with Gasteiger partial charge in [0.2, 0.25) is 0 Å². The number of phosphoric acid groups is 2. The summed E-state index contributed by atoms with van der Waals surface area (Å²) in [5.74, 6) is -2.50. The van der Waals surface area contributed by atoms with Gasteiger partial charge in [0.05, 0.1) is 26.4 Å². The molecule has 0 heterocycles. The molecule has 0 aliphatic rings. The van der Waals surface area contributed by atoms with E-state index in [-0.39, 0.29) is 25.7 Å². The Bertz CT molecular complexity index is 2900. The average Bonchev–Trinajstić information content (AvgIpc) is 0.910. The molecule has 0 aromatic carbocycles. The molecule has 5 atom stereocenters. The van der Waals surface area contributed by atoms with Crippen molar-refractivity contribution in [3.63, 3.8) is 0 Å². The molecule has 2 unspecified atom stereocenters. The summed E-state index contributed by atoms with van der Waals surface area (Å²) in [4.78, 5) is 73.0. The van der Waals surface area contributed by atoms with E-state index in [1.54, 1.807) is 0 Å². The number of phosphoric ester groups is 2. The second-order valence-corrected chi connectivity index (χ2v) is 29.5. The van der Waals surface area contributed by atoms with E-state index in [0.717, 1.165) is 122 Å². The Balaban J connectivity index is 5.59. The van der Waals surface area contributed by atoms with Crippen molar-refractivity contribution in [2.45, 2.75) is 303 Å². The predicted molar refractivity (Wildman–Crippen MR) is 454 cm³/mol. The zero-order chi connectivity index (χ0) is 80.3. The largest absolute Gasteiger partial charge is 0.472 e. The molecule has 620 valence electrons. The zero-order valence-corrected chi connectivity index (χ0v) is 69.6. The van der Waals surface area contributed by atoms with Gasteiger partial charge in [-0.3, -0.25) is 37.3 Å². The third-order valence-electron chi connectivity index (χ3n) is 16.2. The van der Waals surface area contributed by atoms with Crippen molar-refractivity contribution >= 4 is 39.5 Å². The molecule has 0 saturated heterocycles. The van der Waals surface area contributed by atoms with E-state index in [4.69, 9.17) is 37.0 Å². The Morgan fingerprint density at radius 3 is 0.809 bits per heavy atom. The number of esters is 4. The molecule has 17 nitrogen and oxygen atoms in total.